The van der Waals surface area contributed by atoms with Crippen molar-refractivity contribution in [2.45, 2.75) is 32.8 Å². The van der Waals surface area contributed by atoms with Gasteiger partial charge in [-0.1, -0.05) is 36.1 Å². The summed E-state index contributed by atoms with van der Waals surface area (Å²) in [5.74, 6) is 6.02. The molecule has 236 valence electrons. The number of carbonyl (C=O) groups is 2. The van der Waals surface area contributed by atoms with Gasteiger partial charge in [-0.3, -0.25) is 4.98 Å². The normalized spacial score (nSPS) is 13.0. The lowest BCUT2D eigenvalue weighted by molar-refractivity contribution is 0.0240. The summed E-state index contributed by atoms with van der Waals surface area (Å²) < 4.78 is 19.0. The fourth-order valence-corrected chi connectivity index (χ4v) is 5.02. The summed E-state index contributed by atoms with van der Waals surface area (Å²) in [6.07, 6.45) is 3.89. The van der Waals surface area contributed by atoms with Gasteiger partial charge >= 0.3 is 12.1 Å². The molecular weight excluding hydrogens is 581 g/mol. The van der Waals surface area contributed by atoms with Crippen LogP contribution in [0.25, 0.3) is 11.1 Å². The number of ether oxygens (including phenoxy) is 1. The third kappa shape index (κ3) is 9.08. The van der Waals surface area contributed by atoms with E-state index in [4.69, 9.17) is 4.74 Å². The molecule has 0 aliphatic carbocycles. The molecule has 3 amide bonds. The zero-order valence-corrected chi connectivity index (χ0v) is 26.3. The van der Waals surface area contributed by atoms with Gasteiger partial charge in [0.1, 0.15) is 11.4 Å². The number of pyridine rings is 1. The molecule has 1 saturated heterocycles. The molecule has 4 aromatic rings. The quantitative estimate of drug-likeness (QED) is 0.235. The number of nitrogens with one attached hydrogen (secondary N) is 2. The first-order valence-electron chi connectivity index (χ1n) is 15.3. The van der Waals surface area contributed by atoms with Crippen molar-refractivity contribution in [3.05, 3.63) is 114 Å². The average molecular weight is 620 g/mol. The molecule has 2 heterocycles. The summed E-state index contributed by atoms with van der Waals surface area (Å²) in [4.78, 5) is 33.2. The van der Waals surface area contributed by atoms with E-state index in [0.717, 1.165) is 27.9 Å². The molecule has 5 rings (SSSR count). The van der Waals surface area contributed by atoms with Crippen LogP contribution in [-0.4, -0.2) is 60.3 Å². The number of amides is 3. The number of piperazine rings is 1. The van der Waals surface area contributed by atoms with Crippen molar-refractivity contribution >= 4 is 23.5 Å². The number of nitrogens with zero attached hydrogens (tertiary/aromatic N) is 3. The molecule has 0 atom stereocenters. The maximum absolute atomic E-state index is 13.5. The van der Waals surface area contributed by atoms with Crippen molar-refractivity contribution in [1.29, 1.82) is 0 Å². The van der Waals surface area contributed by atoms with E-state index in [-0.39, 0.29) is 17.9 Å². The van der Waals surface area contributed by atoms with Crippen molar-refractivity contribution in [1.82, 2.24) is 15.2 Å². The van der Waals surface area contributed by atoms with Crippen LogP contribution < -0.4 is 15.5 Å². The van der Waals surface area contributed by atoms with Gasteiger partial charge in [-0.25, -0.2) is 14.0 Å². The van der Waals surface area contributed by atoms with E-state index in [1.165, 1.54) is 12.1 Å². The molecule has 8 nitrogen and oxygen atoms in total. The molecule has 1 aromatic heterocycles. The second-order valence-electron chi connectivity index (χ2n) is 12.0. The van der Waals surface area contributed by atoms with Gasteiger partial charge in [0.25, 0.3) is 0 Å². The maximum atomic E-state index is 13.5. The first-order chi connectivity index (χ1) is 22.1. The number of carbonyl (C=O) groups excluding carboxylic acids is 2. The molecule has 46 heavy (non-hydrogen) atoms. The molecule has 0 spiro atoms. The average Bonchev–Trinajstić information content (AvgIpc) is 3.04. The number of hydrogen-bond acceptors (Lipinski definition) is 5. The molecule has 0 unspecified atom stereocenters. The zero-order chi connectivity index (χ0) is 32.5. The van der Waals surface area contributed by atoms with E-state index in [0.29, 0.717) is 50.4 Å². The fraction of sp³-hybridized carbons (Fsp3) is 0.270. The lowest BCUT2D eigenvalue weighted by Crippen LogP contribution is -2.50. The Balaban J connectivity index is 1.29. The lowest BCUT2D eigenvalue weighted by Gasteiger charge is -2.36. The molecule has 1 fully saturated rings. The second kappa shape index (κ2) is 14.6. The van der Waals surface area contributed by atoms with Crippen LogP contribution in [0, 0.1) is 17.7 Å². The number of halogens is 1. The standard InChI is InChI=1S/C37H38FN5O3/c1-37(2,3)46-36(45)43-23-21-42(22-24-43)33-15-10-29(11-16-33)34-17-14-32(25-30(34)9-6-27-7-12-31(38)13-8-27)41-35(44)40-20-18-28-5-4-19-39-26-28/h4-5,7-8,10-17,19,25-26H,18,20-24H2,1-3H3,(H2,40,41,44). The third-order valence-electron chi connectivity index (χ3n) is 7.36. The first kappa shape index (κ1) is 32.0. The van der Waals surface area contributed by atoms with Crippen LogP contribution in [0.15, 0.2) is 91.3 Å². The Morgan fingerprint density at radius 2 is 1.67 bits per heavy atom. The van der Waals surface area contributed by atoms with Crippen LogP contribution in [-0.2, 0) is 11.2 Å². The third-order valence-corrected chi connectivity index (χ3v) is 7.36. The summed E-state index contributed by atoms with van der Waals surface area (Å²) in [5, 5.41) is 5.78. The molecule has 0 radical (unpaired) electrons. The van der Waals surface area contributed by atoms with E-state index in [1.54, 1.807) is 29.4 Å². The number of rotatable bonds is 6. The molecule has 1 aliphatic heterocycles. The number of urea groups is 1. The lowest BCUT2D eigenvalue weighted by atomic mass is 9.98. The Morgan fingerprint density at radius 1 is 0.935 bits per heavy atom. The van der Waals surface area contributed by atoms with Crippen molar-refractivity contribution in [2.75, 3.05) is 42.9 Å². The zero-order valence-electron chi connectivity index (χ0n) is 26.3. The van der Waals surface area contributed by atoms with Gasteiger partial charge < -0.3 is 25.2 Å². The number of benzene rings is 3. The first-order valence-corrected chi connectivity index (χ1v) is 15.3. The van der Waals surface area contributed by atoms with Crippen molar-refractivity contribution in [3.8, 4) is 23.0 Å². The van der Waals surface area contributed by atoms with Gasteiger partial charge in [-0.05, 0) is 98.5 Å². The van der Waals surface area contributed by atoms with E-state index in [1.807, 2.05) is 63.2 Å². The Labute approximate surface area is 269 Å². The second-order valence-corrected chi connectivity index (χ2v) is 12.0. The molecule has 0 saturated carbocycles. The number of anilines is 2. The van der Waals surface area contributed by atoms with E-state index in [9.17, 15) is 14.0 Å². The predicted molar refractivity (Wildman–Crippen MR) is 179 cm³/mol. The highest BCUT2D eigenvalue weighted by atomic mass is 19.1. The summed E-state index contributed by atoms with van der Waals surface area (Å²) in [6, 6.07) is 23.4. The molecule has 9 heteroatoms. The topological polar surface area (TPSA) is 86.8 Å². The number of aromatic nitrogens is 1. The van der Waals surface area contributed by atoms with Gasteiger partial charge in [0, 0.05) is 67.6 Å². The monoisotopic (exact) mass is 619 g/mol. The van der Waals surface area contributed by atoms with Crippen LogP contribution in [0.3, 0.4) is 0 Å². The largest absolute Gasteiger partial charge is 0.444 e. The highest BCUT2D eigenvalue weighted by Crippen LogP contribution is 2.29. The Hall–Kier alpha value is -5.36. The van der Waals surface area contributed by atoms with Crippen molar-refractivity contribution < 1.29 is 18.7 Å². The number of hydrogen-bond donors (Lipinski definition) is 2. The highest BCUT2D eigenvalue weighted by molar-refractivity contribution is 5.90. The highest BCUT2D eigenvalue weighted by Gasteiger charge is 2.26. The van der Waals surface area contributed by atoms with Gasteiger partial charge in [0.2, 0.25) is 0 Å². The van der Waals surface area contributed by atoms with E-state index >= 15 is 0 Å². The summed E-state index contributed by atoms with van der Waals surface area (Å²) in [7, 11) is 0. The van der Waals surface area contributed by atoms with Crippen LogP contribution >= 0.6 is 0 Å². The Morgan fingerprint density at radius 3 is 2.35 bits per heavy atom. The molecular formula is C37H38FN5O3. The predicted octanol–water partition coefficient (Wildman–Crippen LogP) is 6.71. The minimum Gasteiger partial charge on any atom is -0.444 e. The van der Waals surface area contributed by atoms with Crippen LogP contribution in [0.2, 0.25) is 0 Å². The van der Waals surface area contributed by atoms with Gasteiger partial charge in [0.15, 0.2) is 0 Å². The Bertz CT molecular complexity index is 1700. The van der Waals surface area contributed by atoms with E-state index in [2.05, 4.69) is 44.5 Å². The molecule has 0 bridgehead atoms. The van der Waals surface area contributed by atoms with E-state index < -0.39 is 5.60 Å². The molecule has 1 aliphatic rings. The molecule has 3 aromatic carbocycles. The summed E-state index contributed by atoms with van der Waals surface area (Å²) in [6.45, 7) is 8.67. The molecule has 2 N–H and O–H groups in total. The van der Waals surface area contributed by atoms with Gasteiger partial charge in [0.05, 0.1) is 0 Å². The minimum atomic E-state index is -0.520. The fourth-order valence-electron chi connectivity index (χ4n) is 5.02. The Kier molecular flexibility index (Phi) is 10.2. The minimum absolute atomic E-state index is 0.281. The SMILES string of the molecule is CC(C)(C)OC(=O)N1CCN(c2ccc(-c3ccc(NC(=O)NCCc4cccnc4)cc3C#Cc3ccc(F)cc3)cc2)CC1. The van der Waals surface area contributed by atoms with Crippen LogP contribution in [0.4, 0.5) is 25.4 Å². The van der Waals surface area contributed by atoms with Crippen molar-refractivity contribution in [3.63, 3.8) is 0 Å². The van der Waals surface area contributed by atoms with Gasteiger partial charge in [-0.15, -0.1) is 0 Å². The summed E-state index contributed by atoms with van der Waals surface area (Å²) >= 11 is 0. The van der Waals surface area contributed by atoms with Crippen LogP contribution in [0.5, 0.6) is 0 Å². The van der Waals surface area contributed by atoms with Gasteiger partial charge in [-0.2, -0.15) is 0 Å². The van der Waals surface area contributed by atoms with Crippen LogP contribution in [0.1, 0.15) is 37.5 Å². The van der Waals surface area contributed by atoms with Crippen molar-refractivity contribution in [2.24, 2.45) is 0 Å². The maximum Gasteiger partial charge on any atom is 0.410 e. The summed E-state index contributed by atoms with van der Waals surface area (Å²) in [5.41, 5.74) is 5.45. The smallest absolute Gasteiger partial charge is 0.410 e.